The third kappa shape index (κ3) is 2.00. The van der Waals surface area contributed by atoms with Crippen molar-refractivity contribution in [2.45, 2.75) is 0 Å². The fourth-order valence-electron chi connectivity index (χ4n) is 1.19. The number of H-pyrrole nitrogens is 1. The van der Waals surface area contributed by atoms with Gasteiger partial charge < -0.3 is 11.1 Å². The molecule has 0 saturated heterocycles. The van der Waals surface area contributed by atoms with E-state index in [1.807, 2.05) is 0 Å². The number of anilines is 2. The number of hydrogen-bond donors (Lipinski definition) is 3. The van der Waals surface area contributed by atoms with Crippen LogP contribution >= 0.6 is 0 Å². The zero-order valence-electron chi connectivity index (χ0n) is 8.20. The molecule has 0 aliphatic rings. The Balaban J connectivity index is 2.18. The number of nitrogen functional groups attached to an aromatic ring is 1. The molecule has 0 radical (unpaired) electrons. The summed E-state index contributed by atoms with van der Waals surface area (Å²) in [4.78, 5) is 11.6. The summed E-state index contributed by atoms with van der Waals surface area (Å²) in [6.07, 6.45) is 1.50. The van der Waals surface area contributed by atoms with Crippen molar-refractivity contribution in [1.29, 1.82) is 0 Å². The van der Waals surface area contributed by atoms with E-state index in [9.17, 15) is 9.18 Å². The number of aromatic amines is 1. The predicted molar refractivity (Wildman–Crippen MR) is 57.4 cm³/mol. The largest absolute Gasteiger partial charge is 0.396 e. The number of aromatic nitrogens is 2. The lowest BCUT2D eigenvalue weighted by Crippen LogP contribution is -2.12. The Morgan fingerprint density at radius 1 is 1.44 bits per heavy atom. The molecule has 0 unspecified atom stereocenters. The molecule has 0 aliphatic heterocycles. The summed E-state index contributed by atoms with van der Waals surface area (Å²) in [6.45, 7) is 0. The normalized spacial score (nSPS) is 10.1. The number of carbonyl (C=O) groups excluding carboxylic acids is 1. The first-order valence-electron chi connectivity index (χ1n) is 4.52. The number of carbonyl (C=O) groups is 1. The highest BCUT2D eigenvalue weighted by Crippen LogP contribution is 2.13. The van der Waals surface area contributed by atoms with Gasteiger partial charge in [0, 0.05) is 11.6 Å². The molecule has 2 aromatic rings. The number of nitrogens with zero attached hydrogens (tertiary/aromatic N) is 1. The minimum Gasteiger partial charge on any atom is -0.396 e. The van der Waals surface area contributed by atoms with Gasteiger partial charge in [-0.25, -0.2) is 4.39 Å². The molecule has 0 atom stereocenters. The quantitative estimate of drug-likeness (QED) is 0.668. The van der Waals surface area contributed by atoms with Gasteiger partial charge in [-0.05, 0) is 18.2 Å². The van der Waals surface area contributed by atoms with Crippen molar-refractivity contribution in [1.82, 2.24) is 10.2 Å². The van der Waals surface area contributed by atoms with Crippen molar-refractivity contribution in [3.63, 3.8) is 0 Å². The standard InChI is InChI=1S/C10H9FN4O/c11-7-5-6(1-2-8(7)12)10(16)14-9-3-4-13-15-9/h1-5H,12H2,(H2,13,14,15,16). The van der Waals surface area contributed by atoms with Crippen LogP contribution in [0.15, 0.2) is 30.5 Å². The molecule has 0 bridgehead atoms. The van der Waals surface area contributed by atoms with E-state index in [2.05, 4.69) is 15.5 Å². The second kappa shape index (κ2) is 4.01. The van der Waals surface area contributed by atoms with Crippen molar-refractivity contribution in [3.05, 3.63) is 41.8 Å². The van der Waals surface area contributed by atoms with Crippen molar-refractivity contribution < 1.29 is 9.18 Å². The molecule has 4 N–H and O–H groups in total. The maximum absolute atomic E-state index is 13.1. The highest BCUT2D eigenvalue weighted by Gasteiger charge is 2.08. The minimum atomic E-state index is -0.614. The smallest absolute Gasteiger partial charge is 0.256 e. The molecule has 0 aliphatic carbocycles. The fourth-order valence-corrected chi connectivity index (χ4v) is 1.19. The Morgan fingerprint density at radius 3 is 2.88 bits per heavy atom. The van der Waals surface area contributed by atoms with Crippen LogP contribution < -0.4 is 11.1 Å². The number of rotatable bonds is 2. The van der Waals surface area contributed by atoms with E-state index in [0.717, 1.165) is 6.07 Å². The Hall–Kier alpha value is -2.37. The average molecular weight is 220 g/mol. The predicted octanol–water partition coefficient (Wildman–Crippen LogP) is 1.38. The van der Waals surface area contributed by atoms with Gasteiger partial charge in [0.05, 0.1) is 11.9 Å². The van der Waals surface area contributed by atoms with Crippen molar-refractivity contribution in [3.8, 4) is 0 Å². The Kier molecular flexibility index (Phi) is 2.55. The lowest BCUT2D eigenvalue weighted by atomic mass is 10.2. The lowest BCUT2D eigenvalue weighted by Gasteiger charge is -2.03. The molecule has 1 aromatic carbocycles. The lowest BCUT2D eigenvalue weighted by molar-refractivity contribution is 0.102. The van der Waals surface area contributed by atoms with Gasteiger partial charge in [0.15, 0.2) is 0 Å². The number of nitrogens with two attached hydrogens (primary N) is 1. The summed E-state index contributed by atoms with van der Waals surface area (Å²) in [5.74, 6) is -0.595. The van der Waals surface area contributed by atoms with E-state index in [-0.39, 0.29) is 11.3 Å². The SMILES string of the molecule is Nc1ccc(C(=O)Nc2ccn[nH]2)cc1F. The van der Waals surface area contributed by atoms with Gasteiger partial charge >= 0.3 is 0 Å². The maximum atomic E-state index is 13.1. The summed E-state index contributed by atoms with van der Waals surface area (Å²) < 4.78 is 13.1. The van der Waals surface area contributed by atoms with Crippen LogP contribution in [0, 0.1) is 5.82 Å². The monoisotopic (exact) mass is 220 g/mol. The van der Waals surface area contributed by atoms with Crippen LogP contribution in [0.2, 0.25) is 0 Å². The van der Waals surface area contributed by atoms with Gasteiger partial charge in [0.2, 0.25) is 0 Å². The molecule has 0 saturated carbocycles. The van der Waals surface area contributed by atoms with E-state index >= 15 is 0 Å². The Labute approximate surface area is 90.5 Å². The molecule has 2 rings (SSSR count). The zero-order valence-corrected chi connectivity index (χ0v) is 8.20. The van der Waals surface area contributed by atoms with E-state index in [1.165, 1.54) is 18.3 Å². The number of benzene rings is 1. The zero-order chi connectivity index (χ0) is 11.5. The number of amides is 1. The van der Waals surface area contributed by atoms with Gasteiger partial charge in [-0.15, -0.1) is 0 Å². The summed E-state index contributed by atoms with van der Waals surface area (Å²) in [6, 6.07) is 5.47. The molecule has 1 heterocycles. The maximum Gasteiger partial charge on any atom is 0.256 e. The second-order valence-corrected chi connectivity index (χ2v) is 3.16. The molecule has 82 valence electrons. The van der Waals surface area contributed by atoms with Gasteiger partial charge in [0.25, 0.3) is 5.91 Å². The van der Waals surface area contributed by atoms with Crippen LogP contribution in [0.4, 0.5) is 15.9 Å². The highest BCUT2D eigenvalue weighted by molar-refractivity contribution is 6.03. The summed E-state index contributed by atoms with van der Waals surface area (Å²) in [7, 11) is 0. The van der Waals surface area contributed by atoms with Gasteiger partial charge in [0.1, 0.15) is 11.6 Å². The highest BCUT2D eigenvalue weighted by atomic mass is 19.1. The topological polar surface area (TPSA) is 83.8 Å². The van der Waals surface area contributed by atoms with E-state index in [1.54, 1.807) is 6.07 Å². The number of hydrogen-bond acceptors (Lipinski definition) is 3. The van der Waals surface area contributed by atoms with Crippen LogP contribution in [-0.4, -0.2) is 16.1 Å². The Morgan fingerprint density at radius 2 is 2.25 bits per heavy atom. The van der Waals surface area contributed by atoms with Gasteiger partial charge in [-0.1, -0.05) is 0 Å². The molecule has 1 aromatic heterocycles. The molecular formula is C10H9FN4O. The third-order valence-electron chi connectivity index (χ3n) is 2.01. The first-order chi connectivity index (χ1) is 7.66. The third-order valence-corrected chi connectivity index (χ3v) is 2.01. The minimum absolute atomic E-state index is 0.0121. The van der Waals surface area contributed by atoms with Crippen LogP contribution in [0.5, 0.6) is 0 Å². The number of halogens is 1. The van der Waals surface area contributed by atoms with Crippen LogP contribution in [0.25, 0.3) is 0 Å². The van der Waals surface area contributed by atoms with Crippen LogP contribution in [0.1, 0.15) is 10.4 Å². The first kappa shape index (κ1) is 10.2. The molecule has 6 heteroatoms. The second-order valence-electron chi connectivity index (χ2n) is 3.16. The molecule has 5 nitrogen and oxygen atoms in total. The molecule has 0 fully saturated rings. The number of nitrogens with one attached hydrogen (secondary N) is 2. The van der Waals surface area contributed by atoms with E-state index in [4.69, 9.17) is 5.73 Å². The summed E-state index contributed by atoms with van der Waals surface area (Å²) in [5, 5.41) is 8.75. The molecule has 16 heavy (non-hydrogen) atoms. The summed E-state index contributed by atoms with van der Waals surface area (Å²) in [5.41, 5.74) is 5.51. The van der Waals surface area contributed by atoms with Crippen LogP contribution in [-0.2, 0) is 0 Å². The van der Waals surface area contributed by atoms with Crippen molar-refractivity contribution in [2.75, 3.05) is 11.1 Å². The molecular weight excluding hydrogens is 211 g/mol. The molecule has 1 amide bonds. The van der Waals surface area contributed by atoms with Crippen molar-refractivity contribution >= 4 is 17.4 Å². The van der Waals surface area contributed by atoms with Crippen LogP contribution in [0.3, 0.4) is 0 Å². The van der Waals surface area contributed by atoms with E-state index < -0.39 is 11.7 Å². The van der Waals surface area contributed by atoms with E-state index in [0.29, 0.717) is 5.82 Å². The van der Waals surface area contributed by atoms with Gasteiger partial charge in [-0.3, -0.25) is 9.89 Å². The van der Waals surface area contributed by atoms with Crippen molar-refractivity contribution in [2.24, 2.45) is 0 Å². The summed E-state index contributed by atoms with van der Waals surface area (Å²) >= 11 is 0. The van der Waals surface area contributed by atoms with Gasteiger partial charge in [-0.2, -0.15) is 5.10 Å². The Bertz CT molecular complexity index is 510. The first-order valence-corrected chi connectivity index (χ1v) is 4.52. The fraction of sp³-hybridized carbons (Fsp3) is 0. The average Bonchev–Trinajstić information content (AvgIpc) is 2.74. The molecule has 0 spiro atoms.